The van der Waals surface area contributed by atoms with E-state index in [1.54, 1.807) is 0 Å². The summed E-state index contributed by atoms with van der Waals surface area (Å²) in [5.74, 6) is 0. The third-order valence-corrected chi connectivity index (χ3v) is 3.76. The smallest absolute Gasteiger partial charge is 0.0723 e. The molecule has 104 valence electrons. The molecule has 1 aromatic heterocycles. The van der Waals surface area contributed by atoms with Crippen LogP contribution in [0, 0.1) is 0 Å². The minimum Gasteiger partial charge on any atom is -0.384 e. The number of rotatable bonds is 4. The first-order valence-corrected chi connectivity index (χ1v) is 7.24. The molecule has 2 heterocycles. The van der Waals surface area contributed by atoms with Crippen molar-refractivity contribution < 1.29 is 4.74 Å². The summed E-state index contributed by atoms with van der Waals surface area (Å²) in [6.07, 6.45) is 6.11. The van der Waals surface area contributed by atoms with E-state index >= 15 is 0 Å². The fourth-order valence-corrected chi connectivity index (χ4v) is 2.59. The molecule has 20 heavy (non-hydrogen) atoms. The van der Waals surface area contributed by atoms with Gasteiger partial charge in [0.25, 0.3) is 0 Å². The van der Waals surface area contributed by atoms with Crippen molar-refractivity contribution in [2.24, 2.45) is 0 Å². The first-order valence-electron chi connectivity index (χ1n) is 6.87. The topological polar surface area (TPSA) is 34.2 Å². The molecule has 0 bridgehead atoms. The zero-order valence-corrected chi connectivity index (χ0v) is 12.0. The predicted molar refractivity (Wildman–Crippen MR) is 83.4 cm³/mol. The maximum atomic E-state index is 6.07. The number of nitrogens with one attached hydrogen (secondary N) is 1. The molecule has 1 aliphatic heterocycles. The molecule has 1 aromatic carbocycles. The van der Waals surface area contributed by atoms with E-state index in [1.165, 1.54) is 5.57 Å². The van der Waals surface area contributed by atoms with Gasteiger partial charge in [0.1, 0.15) is 0 Å². The van der Waals surface area contributed by atoms with Crippen molar-refractivity contribution in [2.75, 3.05) is 25.1 Å². The van der Waals surface area contributed by atoms with Gasteiger partial charge >= 0.3 is 0 Å². The van der Waals surface area contributed by atoms with E-state index in [2.05, 4.69) is 16.4 Å². The van der Waals surface area contributed by atoms with Crippen molar-refractivity contribution in [2.45, 2.75) is 12.8 Å². The second-order valence-electron chi connectivity index (χ2n) is 4.88. The molecule has 3 nitrogen and oxygen atoms in total. The van der Waals surface area contributed by atoms with Crippen molar-refractivity contribution in [3.63, 3.8) is 0 Å². The van der Waals surface area contributed by atoms with E-state index < -0.39 is 0 Å². The van der Waals surface area contributed by atoms with Gasteiger partial charge in [0.15, 0.2) is 0 Å². The maximum Gasteiger partial charge on any atom is 0.0723 e. The van der Waals surface area contributed by atoms with Gasteiger partial charge in [0.05, 0.1) is 18.7 Å². The van der Waals surface area contributed by atoms with Crippen LogP contribution in [0.5, 0.6) is 0 Å². The number of halogens is 1. The van der Waals surface area contributed by atoms with Crippen LogP contribution in [0.1, 0.15) is 12.8 Å². The summed E-state index contributed by atoms with van der Waals surface area (Å²) in [6.45, 7) is 2.51. The molecule has 0 fully saturated rings. The largest absolute Gasteiger partial charge is 0.384 e. The van der Waals surface area contributed by atoms with E-state index in [4.69, 9.17) is 16.3 Å². The highest BCUT2D eigenvalue weighted by Gasteiger charge is 2.05. The number of pyridine rings is 1. The van der Waals surface area contributed by atoms with Gasteiger partial charge in [-0.1, -0.05) is 23.3 Å². The number of nitrogens with zero attached hydrogens (tertiary/aromatic N) is 1. The molecule has 0 atom stereocenters. The molecule has 0 radical (unpaired) electrons. The molecular formula is C16H17ClN2O. The fourth-order valence-electron chi connectivity index (χ4n) is 2.42. The molecule has 3 rings (SSSR count). The average molecular weight is 289 g/mol. The summed E-state index contributed by atoms with van der Waals surface area (Å²) in [6, 6.07) is 7.77. The van der Waals surface area contributed by atoms with Crippen molar-refractivity contribution in [1.82, 2.24) is 4.98 Å². The number of hydrogen-bond acceptors (Lipinski definition) is 3. The third kappa shape index (κ3) is 3.11. The fraction of sp³-hybridized carbons (Fsp3) is 0.312. The van der Waals surface area contributed by atoms with Gasteiger partial charge in [0, 0.05) is 28.8 Å². The molecule has 1 N–H and O–H groups in total. The second kappa shape index (κ2) is 6.25. The number of anilines is 1. The summed E-state index contributed by atoms with van der Waals surface area (Å²) in [5.41, 5.74) is 3.52. The van der Waals surface area contributed by atoms with Gasteiger partial charge in [-0.05, 0) is 37.1 Å². The molecule has 0 aliphatic carbocycles. The molecule has 0 saturated heterocycles. The molecule has 0 unspecified atom stereocenters. The summed E-state index contributed by atoms with van der Waals surface area (Å²) >= 11 is 6.07. The van der Waals surface area contributed by atoms with Crippen molar-refractivity contribution in [1.29, 1.82) is 0 Å². The Morgan fingerprint density at radius 3 is 3.10 bits per heavy atom. The number of fused-ring (bicyclic) bond motifs is 1. The van der Waals surface area contributed by atoms with Crippen LogP contribution in [-0.4, -0.2) is 24.7 Å². The van der Waals surface area contributed by atoms with E-state index in [0.29, 0.717) is 0 Å². The van der Waals surface area contributed by atoms with Crippen molar-refractivity contribution >= 4 is 28.2 Å². The normalized spacial score (nSPS) is 15.2. The lowest BCUT2D eigenvalue weighted by molar-refractivity contribution is 0.153. The Kier molecular flexibility index (Phi) is 4.19. The lowest BCUT2D eigenvalue weighted by Crippen LogP contribution is -2.09. The Labute approximate surface area is 123 Å². The van der Waals surface area contributed by atoms with Crippen LogP contribution in [0.4, 0.5) is 5.69 Å². The van der Waals surface area contributed by atoms with Gasteiger partial charge < -0.3 is 10.1 Å². The third-order valence-electron chi connectivity index (χ3n) is 3.52. The Balaban J connectivity index is 1.71. The Hall–Kier alpha value is -1.58. The lowest BCUT2D eigenvalue weighted by Gasteiger charge is -2.14. The van der Waals surface area contributed by atoms with Crippen LogP contribution in [0.3, 0.4) is 0 Å². The van der Waals surface area contributed by atoms with Gasteiger partial charge in [-0.25, -0.2) is 0 Å². The number of ether oxygens (including phenoxy) is 1. The van der Waals surface area contributed by atoms with Crippen LogP contribution >= 0.6 is 11.6 Å². The van der Waals surface area contributed by atoms with Crippen molar-refractivity contribution in [3.05, 3.63) is 47.1 Å². The van der Waals surface area contributed by atoms with Gasteiger partial charge in [0.2, 0.25) is 0 Å². The summed E-state index contributed by atoms with van der Waals surface area (Å²) in [7, 11) is 0. The zero-order valence-electron chi connectivity index (χ0n) is 11.2. The quantitative estimate of drug-likeness (QED) is 0.862. The highest BCUT2D eigenvalue weighted by Crippen LogP contribution is 2.25. The van der Waals surface area contributed by atoms with Gasteiger partial charge in [-0.3, -0.25) is 4.98 Å². The molecule has 2 aromatic rings. The SMILES string of the molecule is Clc1ccc2nccc(NCCC3=CCOCC3)c2c1. The predicted octanol–water partition coefficient (Wildman–Crippen LogP) is 4.04. The molecular weight excluding hydrogens is 272 g/mol. The molecule has 0 saturated carbocycles. The summed E-state index contributed by atoms with van der Waals surface area (Å²) < 4.78 is 5.32. The van der Waals surface area contributed by atoms with Crippen LogP contribution in [0.25, 0.3) is 10.9 Å². The molecule has 0 spiro atoms. The Bertz CT molecular complexity index is 639. The van der Waals surface area contributed by atoms with Crippen LogP contribution in [0.15, 0.2) is 42.1 Å². The molecule has 4 heteroatoms. The van der Waals surface area contributed by atoms with Crippen LogP contribution in [0.2, 0.25) is 5.02 Å². The minimum atomic E-state index is 0.737. The summed E-state index contributed by atoms with van der Waals surface area (Å²) in [5, 5.41) is 5.29. The number of benzene rings is 1. The van der Waals surface area contributed by atoms with E-state index in [1.807, 2.05) is 30.5 Å². The lowest BCUT2D eigenvalue weighted by atomic mass is 10.1. The highest BCUT2D eigenvalue weighted by atomic mass is 35.5. The van der Waals surface area contributed by atoms with E-state index in [0.717, 1.165) is 54.2 Å². The number of hydrogen-bond donors (Lipinski definition) is 1. The molecule has 0 amide bonds. The average Bonchev–Trinajstić information content (AvgIpc) is 2.49. The first-order chi connectivity index (χ1) is 9.83. The Morgan fingerprint density at radius 1 is 1.30 bits per heavy atom. The van der Waals surface area contributed by atoms with Crippen molar-refractivity contribution in [3.8, 4) is 0 Å². The second-order valence-corrected chi connectivity index (χ2v) is 5.32. The number of aromatic nitrogens is 1. The monoisotopic (exact) mass is 288 g/mol. The van der Waals surface area contributed by atoms with Gasteiger partial charge in [-0.2, -0.15) is 0 Å². The molecule has 1 aliphatic rings. The van der Waals surface area contributed by atoms with E-state index in [-0.39, 0.29) is 0 Å². The minimum absolute atomic E-state index is 0.737. The maximum absolute atomic E-state index is 6.07. The van der Waals surface area contributed by atoms with Crippen LogP contribution in [-0.2, 0) is 4.74 Å². The highest BCUT2D eigenvalue weighted by molar-refractivity contribution is 6.31. The van der Waals surface area contributed by atoms with Crippen LogP contribution < -0.4 is 5.32 Å². The first kappa shape index (κ1) is 13.4. The zero-order chi connectivity index (χ0) is 13.8. The standard InChI is InChI=1S/C16H17ClN2O/c17-13-1-2-15-14(11-13)16(4-8-19-15)18-7-3-12-5-9-20-10-6-12/h1-2,4-5,8,11H,3,6-7,9-10H2,(H,18,19). The van der Waals surface area contributed by atoms with E-state index in [9.17, 15) is 0 Å². The Morgan fingerprint density at radius 2 is 2.25 bits per heavy atom. The summed E-state index contributed by atoms with van der Waals surface area (Å²) in [4.78, 5) is 4.35. The van der Waals surface area contributed by atoms with Gasteiger partial charge in [-0.15, -0.1) is 0 Å².